The molecular weight excluding hydrogens is 422 g/mol. The molecule has 1 N–H and O–H groups in total. The molecule has 0 aromatic heterocycles. The molecule has 0 radical (unpaired) electrons. The fourth-order valence-electron chi connectivity index (χ4n) is 4.67. The van der Waals surface area contributed by atoms with Gasteiger partial charge in [0.15, 0.2) is 0 Å². The number of hydrazine groups is 1. The molecule has 2 saturated heterocycles. The third-order valence-electron chi connectivity index (χ3n) is 6.47. The van der Waals surface area contributed by atoms with Crippen LogP contribution in [0.3, 0.4) is 0 Å². The number of rotatable bonds is 5. The molecule has 0 bridgehead atoms. The minimum atomic E-state index is -0.540. The van der Waals surface area contributed by atoms with Gasteiger partial charge < -0.3 is 9.64 Å². The van der Waals surface area contributed by atoms with Crippen LogP contribution in [0.15, 0.2) is 42.5 Å². The number of methoxy groups -OCH3 is 1. The van der Waals surface area contributed by atoms with Gasteiger partial charge >= 0.3 is 6.03 Å². The summed E-state index contributed by atoms with van der Waals surface area (Å²) in [5.74, 6) is 0.354. The Morgan fingerprint density at radius 3 is 2.52 bits per heavy atom. The van der Waals surface area contributed by atoms with Gasteiger partial charge in [-0.3, -0.25) is 19.8 Å². The fraction of sp³-hybridized carbons (Fsp3) is 0.375. The minimum Gasteiger partial charge on any atom is -0.497 e. The van der Waals surface area contributed by atoms with Crippen molar-refractivity contribution in [3.63, 3.8) is 0 Å². The highest BCUT2D eigenvalue weighted by molar-refractivity contribution is 6.01. The van der Waals surface area contributed by atoms with Crippen molar-refractivity contribution in [2.24, 2.45) is 0 Å². The van der Waals surface area contributed by atoms with Gasteiger partial charge in [-0.2, -0.15) is 0 Å². The summed E-state index contributed by atoms with van der Waals surface area (Å²) in [6.45, 7) is 5.14. The smallest absolute Gasteiger partial charge is 0.342 e. The van der Waals surface area contributed by atoms with E-state index in [1.54, 1.807) is 7.11 Å². The van der Waals surface area contributed by atoms with Gasteiger partial charge in [-0.15, -0.1) is 0 Å². The number of piperazine rings is 1. The van der Waals surface area contributed by atoms with Gasteiger partial charge in [0, 0.05) is 56.5 Å². The second kappa shape index (κ2) is 8.74. The molecule has 9 heteroatoms. The van der Waals surface area contributed by atoms with Crippen molar-refractivity contribution >= 4 is 23.5 Å². The number of anilines is 1. The number of amides is 4. The van der Waals surface area contributed by atoms with Crippen molar-refractivity contribution < 1.29 is 19.1 Å². The van der Waals surface area contributed by atoms with E-state index in [0.29, 0.717) is 12.1 Å². The number of nitrogens with one attached hydrogen (secondary N) is 1. The third-order valence-corrected chi connectivity index (χ3v) is 6.47. The Labute approximate surface area is 192 Å². The molecule has 3 heterocycles. The van der Waals surface area contributed by atoms with Crippen molar-refractivity contribution in [2.45, 2.75) is 19.5 Å². The van der Waals surface area contributed by atoms with Crippen molar-refractivity contribution in [1.82, 2.24) is 20.2 Å². The first kappa shape index (κ1) is 21.3. The molecule has 2 aromatic rings. The molecule has 0 saturated carbocycles. The van der Waals surface area contributed by atoms with Gasteiger partial charge in [0.25, 0.3) is 5.91 Å². The Bertz CT molecular complexity index is 1100. The Kier molecular flexibility index (Phi) is 5.63. The van der Waals surface area contributed by atoms with E-state index < -0.39 is 6.03 Å². The maximum Gasteiger partial charge on any atom is 0.342 e. The molecule has 0 aliphatic carbocycles. The number of fused-ring (bicyclic) bond motifs is 1. The van der Waals surface area contributed by atoms with Crippen LogP contribution in [0.4, 0.5) is 10.5 Å². The Hall–Kier alpha value is -3.59. The summed E-state index contributed by atoms with van der Waals surface area (Å²) in [5.41, 5.74) is 3.86. The van der Waals surface area contributed by atoms with Gasteiger partial charge in [-0.05, 0) is 29.3 Å². The summed E-state index contributed by atoms with van der Waals surface area (Å²) >= 11 is 0. The lowest BCUT2D eigenvalue weighted by Gasteiger charge is -2.36. The van der Waals surface area contributed by atoms with E-state index in [1.807, 2.05) is 24.3 Å². The van der Waals surface area contributed by atoms with Gasteiger partial charge in [0.1, 0.15) is 5.75 Å². The SMILES string of the molecule is COc1cccc(N2CCN(Cc3ccc4c(c3)CN(N3CCC(=O)NC3=O)C4=O)CC2)c1. The van der Waals surface area contributed by atoms with Crippen molar-refractivity contribution in [3.8, 4) is 5.75 Å². The lowest BCUT2D eigenvalue weighted by atomic mass is 10.1. The summed E-state index contributed by atoms with van der Waals surface area (Å²) < 4.78 is 5.34. The first-order valence-corrected chi connectivity index (χ1v) is 11.2. The molecule has 3 aliphatic rings. The summed E-state index contributed by atoms with van der Waals surface area (Å²) in [4.78, 5) is 41.2. The van der Waals surface area contributed by atoms with E-state index in [-0.39, 0.29) is 24.8 Å². The molecule has 2 aromatic carbocycles. The molecular formula is C24H27N5O4. The number of hydrogen-bond donors (Lipinski definition) is 1. The van der Waals surface area contributed by atoms with Crippen LogP contribution >= 0.6 is 0 Å². The number of ether oxygens (including phenoxy) is 1. The second-order valence-corrected chi connectivity index (χ2v) is 8.55. The van der Waals surface area contributed by atoms with Crippen molar-refractivity contribution in [3.05, 3.63) is 59.2 Å². The normalized spacial score (nSPS) is 19.1. The molecule has 2 fully saturated rings. The number of carbonyl (C=O) groups is 3. The van der Waals surface area contributed by atoms with Gasteiger partial charge in [-0.1, -0.05) is 18.2 Å². The highest BCUT2D eigenvalue weighted by Crippen LogP contribution is 2.27. The van der Waals surface area contributed by atoms with Crippen LogP contribution in [0.2, 0.25) is 0 Å². The number of benzene rings is 2. The maximum absolute atomic E-state index is 12.8. The standard InChI is InChI=1S/C24H27N5O4/c1-33-20-4-2-3-19(14-20)27-11-9-26(10-12-27)15-17-5-6-21-18(13-17)16-29(23(21)31)28-8-7-22(30)25-24(28)32/h2-6,13-14H,7-12,15-16H2,1H3,(H,25,30,32). The van der Waals surface area contributed by atoms with Crippen LogP contribution in [0, 0.1) is 0 Å². The predicted octanol–water partition coefficient (Wildman–Crippen LogP) is 1.83. The quantitative estimate of drug-likeness (QED) is 0.750. The number of urea groups is 1. The van der Waals surface area contributed by atoms with E-state index >= 15 is 0 Å². The first-order chi connectivity index (χ1) is 16.0. The molecule has 0 unspecified atom stereocenters. The molecule has 3 aliphatic heterocycles. The highest BCUT2D eigenvalue weighted by atomic mass is 16.5. The zero-order valence-electron chi connectivity index (χ0n) is 18.6. The maximum atomic E-state index is 12.8. The van der Waals surface area contributed by atoms with Crippen LogP contribution in [0.25, 0.3) is 0 Å². The Balaban J connectivity index is 1.20. The predicted molar refractivity (Wildman–Crippen MR) is 122 cm³/mol. The molecule has 0 spiro atoms. The third kappa shape index (κ3) is 4.23. The highest BCUT2D eigenvalue weighted by Gasteiger charge is 2.36. The second-order valence-electron chi connectivity index (χ2n) is 8.55. The molecule has 172 valence electrons. The first-order valence-electron chi connectivity index (χ1n) is 11.2. The Morgan fingerprint density at radius 2 is 1.76 bits per heavy atom. The van der Waals surface area contributed by atoms with E-state index in [4.69, 9.17) is 4.74 Å². The summed E-state index contributed by atoms with van der Waals surface area (Å²) in [5, 5.41) is 5.05. The van der Waals surface area contributed by atoms with Crippen molar-refractivity contribution in [1.29, 1.82) is 0 Å². The van der Waals surface area contributed by atoms with Crippen molar-refractivity contribution in [2.75, 3.05) is 44.7 Å². The molecule has 4 amide bonds. The van der Waals surface area contributed by atoms with E-state index in [9.17, 15) is 14.4 Å². The number of nitrogens with zero attached hydrogens (tertiary/aromatic N) is 4. The average Bonchev–Trinajstić information content (AvgIpc) is 3.15. The molecule has 9 nitrogen and oxygen atoms in total. The number of imide groups is 1. The van der Waals surface area contributed by atoms with Crippen LogP contribution in [-0.4, -0.2) is 72.6 Å². The van der Waals surface area contributed by atoms with E-state index in [2.05, 4.69) is 33.3 Å². The molecule has 33 heavy (non-hydrogen) atoms. The zero-order chi connectivity index (χ0) is 22.9. The number of carbonyl (C=O) groups excluding carboxylic acids is 3. The lowest BCUT2D eigenvalue weighted by Crippen LogP contribution is -2.56. The Morgan fingerprint density at radius 1 is 0.939 bits per heavy atom. The van der Waals surface area contributed by atoms with Crippen LogP contribution < -0.4 is 15.0 Å². The van der Waals surface area contributed by atoms with E-state index in [1.165, 1.54) is 15.7 Å². The summed E-state index contributed by atoms with van der Waals surface area (Å²) in [6.07, 6.45) is 0.193. The summed E-state index contributed by atoms with van der Waals surface area (Å²) in [6, 6.07) is 13.5. The van der Waals surface area contributed by atoms with Crippen LogP contribution in [-0.2, 0) is 17.9 Å². The van der Waals surface area contributed by atoms with Crippen LogP contribution in [0.1, 0.15) is 27.9 Å². The van der Waals surface area contributed by atoms with Gasteiger partial charge in [0.2, 0.25) is 5.91 Å². The minimum absolute atomic E-state index is 0.193. The largest absolute Gasteiger partial charge is 0.497 e. The summed E-state index contributed by atoms with van der Waals surface area (Å²) in [7, 11) is 1.68. The topological polar surface area (TPSA) is 85.4 Å². The van der Waals surface area contributed by atoms with Crippen LogP contribution in [0.5, 0.6) is 5.75 Å². The zero-order valence-corrected chi connectivity index (χ0v) is 18.6. The molecule has 5 rings (SSSR count). The van der Waals surface area contributed by atoms with Gasteiger partial charge in [-0.25, -0.2) is 14.8 Å². The monoisotopic (exact) mass is 449 g/mol. The fourth-order valence-corrected chi connectivity index (χ4v) is 4.67. The lowest BCUT2D eigenvalue weighted by molar-refractivity contribution is -0.123. The van der Waals surface area contributed by atoms with Gasteiger partial charge in [0.05, 0.1) is 20.2 Å². The number of hydrogen-bond acceptors (Lipinski definition) is 6. The molecule has 0 atom stereocenters. The average molecular weight is 450 g/mol. The van der Waals surface area contributed by atoms with E-state index in [0.717, 1.165) is 49.6 Å².